The summed E-state index contributed by atoms with van der Waals surface area (Å²) in [6.45, 7) is 3.50. The molecule has 1 aliphatic heterocycles. The van der Waals surface area contributed by atoms with Crippen LogP contribution in [0.15, 0.2) is 72.9 Å². The SMILES string of the molecule is COCCN1CCC(c2ccc(F)c(F)c2)C1.NC(=O)Nc1c(Cl)c(-c2ccccn2)nn1-c1ccccc1. The summed E-state index contributed by atoms with van der Waals surface area (Å²) in [7, 11) is 1.68. The highest BCUT2D eigenvalue weighted by atomic mass is 35.5. The van der Waals surface area contributed by atoms with Gasteiger partial charge in [-0.1, -0.05) is 41.9 Å². The van der Waals surface area contributed by atoms with E-state index in [2.05, 4.69) is 20.3 Å². The van der Waals surface area contributed by atoms with Crippen molar-refractivity contribution in [3.05, 3.63) is 95.1 Å². The normalized spacial score (nSPS) is 15.0. The second kappa shape index (κ2) is 13.3. The quantitative estimate of drug-likeness (QED) is 0.315. The van der Waals surface area contributed by atoms with Crippen molar-refractivity contribution in [1.29, 1.82) is 0 Å². The Morgan fingerprint density at radius 2 is 1.90 bits per heavy atom. The molecule has 11 heteroatoms. The molecule has 4 aromatic rings. The van der Waals surface area contributed by atoms with E-state index in [1.165, 1.54) is 16.8 Å². The van der Waals surface area contributed by atoms with Crippen LogP contribution in [0.4, 0.5) is 19.4 Å². The summed E-state index contributed by atoms with van der Waals surface area (Å²) in [5.74, 6) is -0.913. The summed E-state index contributed by atoms with van der Waals surface area (Å²) >= 11 is 6.36. The van der Waals surface area contributed by atoms with Crippen molar-refractivity contribution in [3.8, 4) is 17.1 Å². The van der Waals surface area contributed by atoms with E-state index in [4.69, 9.17) is 22.1 Å². The van der Waals surface area contributed by atoms with Gasteiger partial charge in [0.25, 0.3) is 0 Å². The summed E-state index contributed by atoms with van der Waals surface area (Å²) in [6.07, 6.45) is 2.64. The van der Waals surface area contributed by atoms with Crippen molar-refractivity contribution in [3.63, 3.8) is 0 Å². The molecule has 1 fully saturated rings. The van der Waals surface area contributed by atoms with Crippen LogP contribution in [0.25, 0.3) is 17.1 Å². The van der Waals surface area contributed by atoms with Crippen molar-refractivity contribution >= 4 is 23.4 Å². The van der Waals surface area contributed by atoms with E-state index < -0.39 is 17.7 Å². The maximum Gasteiger partial charge on any atom is 0.317 e. The van der Waals surface area contributed by atoms with Gasteiger partial charge >= 0.3 is 6.03 Å². The average molecular weight is 555 g/mol. The number of primary amides is 1. The number of benzene rings is 2. The lowest BCUT2D eigenvalue weighted by molar-refractivity contribution is 0.160. The molecule has 1 aliphatic rings. The summed E-state index contributed by atoms with van der Waals surface area (Å²) in [5, 5.41) is 7.24. The first-order chi connectivity index (χ1) is 18.9. The summed E-state index contributed by atoms with van der Waals surface area (Å²) < 4.78 is 32.5. The van der Waals surface area contributed by atoms with Crippen LogP contribution in [0, 0.1) is 11.6 Å². The molecule has 2 aromatic heterocycles. The zero-order valence-electron chi connectivity index (χ0n) is 21.4. The van der Waals surface area contributed by atoms with Gasteiger partial charge in [0, 0.05) is 26.4 Å². The Hall–Kier alpha value is -3.86. The molecular weight excluding hydrogens is 526 g/mol. The first kappa shape index (κ1) is 28.2. The number of likely N-dealkylation sites (tertiary alicyclic amines) is 1. The molecule has 2 amide bonds. The fourth-order valence-corrected chi connectivity index (χ4v) is 4.60. The van der Waals surface area contributed by atoms with Crippen LogP contribution < -0.4 is 11.1 Å². The lowest BCUT2D eigenvalue weighted by Crippen LogP contribution is -2.24. The number of pyridine rings is 1. The minimum absolute atomic E-state index is 0.279. The molecule has 5 rings (SSSR count). The molecule has 1 unspecified atom stereocenters. The zero-order chi connectivity index (χ0) is 27.8. The number of para-hydroxylation sites is 1. The number of amides is 2. The molecule has 204 valence electrons. The molecule has 0 saturated carbocycles. The lowest BCUT2D eigenvalue weighted by atomic mass is 9.98. The molecule has 0 radical (unpaired) electrons. The molecule has 0 aliphatic carbocycles. The number of carbonyl (C=O) groups is 1. The summed E-state index contributed by atoms with van der Waals surface area (Å²) in [5.41, 5.74) is 7.93. The number of nitrogens with two attached hydrogens (primary N) is 1. The number of nitrogens with zero attached hydrogens (tertiary/aromatic N) is 4. The molecular formula is C28H29ClF2N6O2. The van der Waals surface area contributed by atoms with E-state index in [1.54, 1.807) is 31.5 Å². The Morgan fingerprint density at radius 1 is 1.13 bits per heavy atom. The van der Waals surface area contributed by atoms with E-state index in [-0.39, 0.29) is 5.02 Å². The molecule has 8 nitrogen and oxygen atoms in total. The number of halogens is 3. The highest BCUT2D eigenvalue weighted by Crippen LogP contribution is 2.34. The second-order valence-electron chi connectivity index (χ2n) is 8.92. The van der Waals surface area contributed by atoms with Crippen LogP contribution >= 0.6 is 11.6 Å². The number of hydrogen-bond acceptors (Lipinski definition) is 5. The summed E-state index contributed by atoms with van der Waals surface area (Å²) in [6, 6.07) is 18.2. The highest BCUT2D eigenvalue weighted by Gasteiger charge is 2.24. The number of hydrogen-bond donors (Lipinski definition) is 2. The first-order valence-electron chi connectivity index (χ1n) is 12.4. The van der Waals surface area contributed by atoms with Crippen LogP contribution in [-0.2, 0) is 4.74 Å². The molecule has 0 bridgehead atoms. The largest absolute Gasteiger partial charge is 0.383 e. The van der Waals surface area contributed by atoms with Gasteiger partial charge < -0.3 is 15.4 Å². The van der Waals surface area contributed by atoms with Gasteiger partial charge in [0.05, 0.1) is 18.0 Å². The monoisotopic (exact) mass is 554 g/mol. The predicted octanol–water partition coefficient (Wildman–Crippen LogP) is 5.48. The van der Waals surface area contributed by atoms with Gasteiger partial charge in [-0.2, -0.15) is 5.10 Å². The molecule has 1 atom stereocenters. The number of anilines is 1. The number of ether oxygens (including phenoxy) is 1. The Morgan fingerprint density at radius 3 is 2.56 bits per heavy atom. The first-order valence-corrected chi connectivity index (χ1v) is 12.7. The minimum Gasteiger partial charge on any atom is -0.383 e. The Kier molecular flexibility index (Phi) is 9.59. The van der Waals surface area contributed by atoms with Gasteiger partial charge in [0.15, 0.2) is 17.5 Å². The number of nitrogens with one attached hydrogen (secondary N) is 1. The standard InChI is InChI=1S/C15H12ClN5O.C13H17F2NO/c16-12-13(11-8-4-5-9-18-11)20-21(14(12)19-15(17)22)10-6-2-1-3-7-10;1-17-7-6-16-5-4-11(9-16)10-2-3-12(14)13(15)8-10/h1-9H,(H3,17,19,22);2-3,8,11H,4-7,9H2,1H3. The van der Waals surface area contributed by atoms with Crippen LogP contribution in [0.1, 0.15) is 17.9 Å². The predicted molar refractivity (Wildman–Crippen MR) is 147 cm³/mol. The van der Waals surface area contributed by atoms with E-state index in [0.717, 1.165) is 37.3 Å². The Balaban J connectivity index is 0.000000187. The number of rotatable bonds is 7. The molecule has 2 aromatic carbocycles. The van der Waals surface area contributed by atoms with Crippen molar-refractivity contribution in [1.82, 2.24) is 19.7 Å². The molecule has 39 heavy (non-hydrogen) atoms. The van der Waals surface area contributed by atoms with E-state index >= 15 is 0 Å². The zero-order valence-corrected chi connectivity index (χ0v) is 22.1. The van der Waals surface area contributed by atoms with Gasteiger partial charge in [0.1, 0.15) is 10.7 Å². The van der Waals surface area contributed by atoms with E-state index in [1.807, 2.05) is 36.4 Å². The molecule has 0 spiro atoms. The number of carbonyl (C=O) groups excluding carboxylic acids is 1. The number of methoxy groups -OCH3 is 1. The Bertz CT molecular complexity index is 1390. The maximum atomic E-state index is 13.1. The van der Waals surface area contributed by atoms with E-state index in [0.29, 0.717) is 29.7 Å². The van der Waals surface area contributed by atoms with Gasteiger partial charge in [-0.05, 0) is 60.8 Å². The van der Waals surface area contributed by atoms with Crippen molar-refractivity contribution in [2.75, 3.05) is 38.7 Å². The van der Waals surface area contributed by atoms with Crippen LogP contribution in [0.5, 0.6) is 0 Å². The molecule has 1 saturated heterocycles. The third kappa shape index (κ3) is 7.17. The molecule has 3 heterocycles. The fourth-order valence-electron chi connectivity index (χ4n) is 4.34. The number of urea groups is 1. The third-order valence-electron chi connectivity index (χ3n) is 6.28. The Labute approximate surface area is 230 Å². The second-order valence-corrected chi connectivity index (χ2v) is 9.29. The van der Waals surface area contributed by atoms with Gasteiger partial charge in [-0.15, -0.1) is 0 Å². The minimum atomic E-state index is -0.775. The van der Waals surface area contributed by atoms with Gasteiger partial charge in [-0.25, -0.2) is 18.3 Å². The van der Waals surface area contributed by atoms with Crippen molar-refractivity contribution in [2.24, 2.45) is 5.73 Å². The number of aromatic nitrogens is 3. The lowest BCUT2D eigenvalue weighted by Gasteiger charge is -2.15. The van der Waals surface area contributed by atoms with Crippen molar-refractivity contribution < 1.29 is 18.3 Å². The fraction of sp³-hybridized carbons (Fsp3) is 0.250. The smallest absolute Gasteiger partial charge is 0.317 e. The third-order valence-corrected chi connectivity index (χ3v) is 6.63. The van der Waals surface area contributed by atoms with Crippen LogP contribution in [0.2, 0.25) is 5.02 Å². The van der Waals surface area contributed by atoms with Gasteiger partial charge in [0.2, 0.25) is 0 Å². The van der Waals surface area contributed by atoms with Crippen molar-refractivity contribution in [2.45, 2.75) is 12.3 Å². The van der Waals surface area contributed by atoms with Gasteiger partial charge in [-0.3, -0.25) is 10.3 Å². The maximum absolute atomic E-state index is 13.1. The highest BCUT2D eigenvalue weighted by molar-refractivity contribution is 6.36. The van der Waals surface area contributed by atoms with Crippen LogP contribution in [0.3, 0.4) is 0 Å². The summed E-state index contributed by atoms with van der Waals surface area (Å²) in [4.78, 5) is 17.8. The topological polar surface area (TPSA) is 98.3 Å². The van der Waals surface area contributed by atoms with Crippen LogP contribution in [-0.4, -0.2) is 59.0 Å². The van der Waals surface area contributed by atoms with E-state index in [9.17, 15) is 13.6 Å². The average Bonchev–Trinajstić information content (AvgIpc) is 3.55. The molecule has 3 N–H and O–H groups in total.